The summed E-state index contributed by atoms with van der Waals surface area (Å²) in [6.07, 6.45) is 0.286. The van der Waals surface area contributed by atoms with Crippen LogP contribution >= 0.6 is 0 Å². The first-order valence-corrected chi connectivity index (χ1v) is 12.4. The van der Waals surface area contributed by atoms with E-state index in [1.165, 1.54) is 12.4 Å². The van der Waals surface area contributed by atoms with Crippen LogP contribution in [0.25, 0.3) is 22.0 Å². The summed E-state index contributed by atoms with van der Waals surface area (Å²) in [5.74, 6) is 0. The number of alkyl halides is 3. The molecular formula is C24H25F3N4O2S. The Morgan fingerprint density at radius 3 is 2.53 bits per heavy atom. The predicted octanol–water partition coefficient (Wildman–Crippen LogP) is 5.31. The Labute approximate surface area is 196 Å². The highest BCUT2D eigenvalue weighted by molar-refractivity contribution is 7.90. The summed E-state index contributed by atoms with van der Waals surface area (Å²) >= 11 is 0. The zero-order valence-corrected chi connectivity index (χ0v) is 19.8. The number of nitrogens with zero attached hydrogens (tertiary/aromatic N) is 3. The van der Waals surface area contributed by atoms with E-state index in [0.717, 1.165) is 0 Å². The van der Waals surface area contributed by atoms with Crippen LogP contribution in [0.1, 0.15) is 50.8 Å². The smallest absolute Gasteiger partial charge is 0.347 e. The first kappa shape index (κ1) is 24.2. The van der Waals surface area contributed by atoms with Crippen molar-refractivity contribution in [1.29, 1.82) is 5.26 Å². The predicted molar refractivity (Wildman–Crippen MR) is 123 cm³/mol. The minimum Gasteiger partial charge on any atom is -0.347 e. The number of hydrogen-bond acceptors (Lipinski definition) is 4. The van der Waals surface area contributed by atoms with E-state index in [4.69, 9.17) is 0 Å². The monoisotopic (exact) mass is 490 g/mol. The van der Waals surface area contributed by atoms with Crippen LogP contribution in [0.15, 0.2) is 42.9 Å². The van der Waals surface area contributed by atoms with Crippen LogP contribution in [0.2, 0.25) is 0 Å². The average molecular weight is 491 g/mol. The van der Waals surface area contributed by atoms with Gasteiger partial charge in [-0.25, -0.2) is 8.42 Å². The molecule has 1 aromatic carbocycles. The summed E-state index contributed by atoms with van der Waals surface area (Å²) in [5.41, 5.74) is 1.76. The zero-order chi connectivity index (χ0) is 24.9. The van der Waals surface area contributed by atoms with Gasteiger partial charge < -0.3 is 4.57 Å². The van der Waals surface area contributed by atoms with Gasteiger partial charge in [0, 0.05) is 47.2 Å². The third-order valence-corrected chi connectivity index (χ3v) is 7.61. The highest BCUT2D eigenvalue weighted by atomic mass is 32.2. The number of nitriles is 1. The van der Waals surface area contributed by atoms with Gasteiger partial charge in [0.15, 0.2) is 0 Å². The molecule has 2 aromatic heterocycles. The highest BCUT2D eigenvalue weighted by Gasteiger charge is 2.47. The van der Waals surface area contributed by atoms with E-state index in [9.17, 15) is 26.9 Å². The van der Waals surface area contributed by atoms with E-state index in [1.807, 2.05) is 25.5 Å². The Morgan fingerprint density at radius 1 is 1.24 bits per heavy atom. The van der Waals surface area contributed by atoms with Gasteiger partial charge in [-0.1, -0.05) is 32.9 Å². The van der Waals surface area contributed by atoms with Crippen LogP contribution in [0.4, 0.5) is 13.2 Å². The molecule has 4 rings (SSSR count). The molecule has 0 radical (unpaired) electrons. The van der Waals surface area contributed by atoms with Gasteiger partial charge >= 0.3 is 6.18 Å². The fourth-order valence-electron chi connectivity index (χ4n) is 4.04. The Morgan fingerprint density at radius 2 is 1.94 bits per heavy atom. The van der Waals surface area contributed by atoms with Crippen LogP contribution in [0, 0.1) is 16.7 Å². The molecule has 6 nitrogen and oxygen atoms in total. The lowest BCUT2D eigenvalue weighted by atomic mass is 9.96. The van der Waals surface area contributed by atoms with E-state index in [-0.39, 0.29) is 11.0 Å². The van der Waals surface area contributed by atoms with Gasteiger partial charge in [-0.2, -0.15) is 23.2 Å². The summed E-state index contributed by atoms with van der Waals surface area (Å²) in [4.78, 5) is 3.96. The van der Waals surface area contributed by atoms with Crippen LogP contribution in [-0.2, 0) is 16.6 Å². The molecule has 1 aliphatic rings. The normalized spacial score (nSPS) is 15.9. The number of nitrogens with one attached hydrogen (secondary N) is 1. The van der Waals surface area contributed by atoms with Crippen molar-refractivity contribution in [2.45, 2.75) is 57.6 Å². The van der Waals surface area contributed by atoms with Crippen molar-refractivity contribution in [3.05, 3.63) is 54.0 Å². The zero-order valence-electron chi connectivity index (χ0n) is 19.0. The maximum Gasteiger partial charge on any atom is 0.408 e. The third kappa shape index (κ3) is 4.95. The van der Waals surface area contributed by atoms with Crippen molar-refractivity contribution >= 4 is 20.9 Å². The Kier molecular flexibility index (Phi) is 5.98. The minimum absolute atomic E-state index is 0.141. The van der Waals surface area contributed by atoms with Gasteiger partial charge in [-0.05, 0) is 36.0 Å². The first-order chi connectivity index (χ1) is 15.8. The molecule has 0 aliphatic heterocycles. The van der Waals surface area contributed by atoms with E-state index in [1.54, 1.807) is 35.0 Å². The maximum absolute atomic E-state index is 14.2. The minimum atomic E-state index is -4.82. The lowest BCUT2D eigenvalue weighted by molar-refractivity contribution is -0.152. The quantitative estimate of drug-likeness (QED) is 0.508. The molecule has 0 bridgehead atoms. The second kappa shape index (κ2) is 8.40. The van der Waals surface area contributed by atoms with Gasteiger partial charge in [0.1, 0.15) is 12.1 Å². The van der Waals surface area contributed by atoms with Gasteiger partial charge in [0.25, 0.3) is 0 Å². The lowest BCUT2D eigenvalue weighted by Crippen LogP contribution is -2.39. The van der Waals surface area contributed by atoms with Gasteiger partial charge in [0.2, 0.25) is 10.0 Å². The van der Waals surface area contributed by atoms with Crippen molar-refractivity contribution in [2.75, 3.05) is 0 Å². The van der Waals surface area contributed by atoms with Crippen molar-refractivity contribution in [3.63, 3.8) is 0 Å². The Hall–Kier alpha value is -2.90. The molecule has 1 aliphatic carbocycles. The number of hydrogen-bond donors (Lipinski definition) is 1. The topological polar surface area (TPSA) is 87.8 Å². The van der Waals surface area contributed by atoms with Crippen LogP contribution in [-0.4, -0.2) is 29.4 Å². The molecule has 1 atom stereocenters. The number of halogens is 3. The van der Waals surface area contributed by atoms with Gasteiger partial charge in [0.05, 0.1) is 10.8 Å². The molecule has 1 saturated carbocycles. The Bertz CT molecular complexity index is 1380. The van der Waals surface area contributed by atoms with Crippen molar-refractivity contribution in [2.24, 2.45) is 5.41 Å². The molecule has 0 spiro atoms. The third-order valence-electron chi connectivity index (χ3n) is 5.69. The Balaban J connectivity index is 1.90. The first-order valence-electron chi connectivity index (χ1n) is 10.9. The summed E-state index contributed by atoms with van der Waals surface area (Å²) in [7, 11) is -4.09. The fourth-order valence-corrected chi connectivity index (χ4v) is 5.58. The molecule has 1 N–H and O–H groups in total. The summed E-state index contributed by atoms with van der Waals surface area (Å²) in [5, 5.41) is 8.97. The number of rotatable bonds is 6. The molecular weight excluding hydrogens is 465 g/mol. The second-order valence-corrected chi connectivity index (χ2v) is 11.9. The van der Waals surface area contributed by atoms with E-state index < -0.39 is 27.5 Å². The molecule has 0 saturated heterocycles. The molecule has 2 heterocycles. The van der Waals surface area contributed by atoms with Crippen molar-refractivity contribution in [1.82, 2.24) is 14.3 Å². The standard InChI is InChI=1S/C24H25F3N4O2S/c1-23(2,3)14-31-13-20(22(24(25,26)27)30-34(32,33)17-5-6-17)19-7-4-15(10-21(19)31)18-8-9-29-12-16(18)11-28/h4,7-10,12-13,17,22,30H,5-6,14H2,1-3H3. The van der Waals surface area contributed by atoms with Crippen LogP contribution in [0.5, 0.6) is 0 Å². The second-order valence-electron chi connectivity index (χ2n) is 9.87. The average Bonchev–Trinajstić information content (AvgIpc) is 3.55. The molecule has 34 heavy (non-hydrogen) atoms. The molecule has 0 amide bonds. The number of aromatic nitrogens is 2. The fraction of sp³-hybridized carbons (Fsp3) is 0.417. The van der Waals surface area contributed by atoms with Crippen LogP contribution < -0.4 is 4.72 Å². The number of fused-ring (bicyclic) bond motifs is 1. The number of pyridine rings is 1. The number of benzene rings is 1. The summed E-state index contributed by atoms with van der Waals surface area (Å²) in [6.45, 7) is 6.32. The largest absolute Gasteiger partial charge is 0.408 e. The van der Waals surface area contributed by atoms with Crippen LogP contribution in [0.3, 0.4) is 0 Å². The highest BCUT2D eigenvalue weighted by Crippen LogP contribution is 2.41. The van der Waals surface area contributed by atoms with Gasteiger partial charge in [-0.3, -0.25) is 4.98 Å². The van der Waals surface area contributed by atoms with Gasteiger partial charge in [-0.15, -0.1) is 0 Å². The molecule has 10 heteroatoms. The van der Waals surface area contributed by atoms with Crippen molar-refractivity contribution in [3.8, 4) is 17.2 Å². The van der Waals surface area contributed by atoms with Crippen molar-refractivity contribution < 1.29 is 21.6 Å². The van der Waals surface area contributed by atoms with E-state index in [0.29, 0.717) is 47.0 Å². The maximum atomic E-state index is 14.2. The molecule has 3 aromatic rings. The molecule has 1 unspecified atom stereocenters. The summed E-state index contributed by atoms with van der Waals surface area (Å²) < 4.78 is 71.0. The molecule has 180 valence electrons. The van der Waals surface area contributed by atoms with E-state index >= 15 is 0 Å². The lowest BCUT2D eigenvalue weighted by Gasteiger charge is -2.22. The summed E-state index contributed by atoms with van der Waals surface area (Å²) in [6, 6.07) is 6.35. The molecule has 1 fully saturated rings. The van der Waals surface area contributed by atoms with E-state index in [2.05, 4.69) is 11.1 Å². The SMILES string of the molecule is CC(C)(C)Cn1cc(C(NS(=O)(=O)C2CC2)C(F)(F)F)c2ccc(-c3ccncc3C#N)cc21. The number of sulfonamides is 1.